The first-order chi connectivity index (χ1) is 9.57. The molecule has 3 N–H and O–H groups in total. The molecule has 4 fully saturated rings. The van der Waals surface area contributed by atoms with Crippen LogP contribution in [0.3, 0.4) is 0 Å². The second-order valence-electron chi connectivity index (χ2n) is 7.99. The Labute approximate surface area is 120 Å². The molecule has 5 rings (SSSR count). The summed E-state index contributed by atoms with van der Waals surface area (Å²) in [7, 11) is 0. The van der Waals surface area contributed by atoms with Crippen LogP contribution >= 0.6 is 0 Å². The molecule has 0 spiro atoms. The van der Waals surface area contributed by atoms with Gasteiger partial charge in [-0.25, -0.2) is 4.98 Å². The van der Waals surface area contributed by atoms with Gasteiger partial charge in [0.25, 0.3) is 0 Å². The van der Waals surface area contributed by atoms with Crippen molar-refractivity contribution < 1.29 is 0 Å². The second kappa shape index (κ2) is 4.30. The zero-order chi connectivity index (χ0) is 13.9. The van der Waals surface area contributed by atoms with Gasteiger partial charge >= 0.3 is 0 Å². The zero-order valence-electron chi connectivity index (χ0n) is 12.6. The molecular formula is C16H26N4. The summed E-state index contributed by atoms with van der Waals surface area (Å²) in [5.74, 6) is 6.42. The van der Waals surface area contributed by atoms with Crippen molar-refractivity contribution in [1.82, 2.24) is 15.2 Å². The molecule has 4 saturated carbocycles. The van der Waals surface area contributed by atoms with E-state index in [1.165, 1.54) is 32.1 Å². The van der Waals surface area contributed by atoms with Crippen molar-refractivity contribution in [2.75, 3.05) is 0 Å². The van der Waals surface area contributed by atoms with Gasteiger partial charge in [-0.2, -0.15) is 5.10 Å². The van der Waals surface area contributed by atoms with E-state index in [1.54, 1.807) is 0 Å². The number of hydrogen-bond donors (Lipinski definition) is 2. The van der Waals surface area contributed by atoms with Crippen LogP contribution in [-0.2, 0) is 12.0 Å². The lowest BCUT2D eigenvalue weighted by atomic mass is 9.47. The number of nitrogens with one attached hydrogen (secondary N) is 1. The summed E-state index contributed by atoms with van der Waals surface area (Å²) in [6.45, 7) is 5.15. The predicted molar refractivity (Wildman–Crippen MR) is 77.8 cm³/mol. The molecule has 4 bridgehead atoms. The number of nitrogens with zero attached hydrogens (tertiary/aromatic N) is 2. The molecule has 1 aromatic heterocycles. The first-order valence-corrected chi connectivity index (χ1v) is 8.19. The number of hydrogen-bond acceptors (Lipinski definition) is 3. The maximum absolute atomic E-state index is 5.67. The molecule has 4 heteroatoms. The van der Waals surface area contributed by atoms with Gasteiger partial charge in [0.1, 0.15) is 5.82 Å². The standard InChI is InChI=1S/C16H26N4/c1-16(2,15-18-13(8-17)19-20-15)14-11-4-9-3-10(6-11)7-12(14)5-9/h9-12,14H,3-8,17H2,1-2H3,(H,18,19,20). The molecule has 0 saturated heterocycles. The molecular weight excluding hydrogens is 248 g/mol. The molecule has 0 amide bonds. The third-order valence-corrected chi connectivity index (χ3v) is 6.36. The van der Waals surface area contributed by atoms with E-state index in [0.29, 0.717) is 6.54 Å². The van der Waals surface area contributed by atoms with Crippen LogP contribution in [0.2, 0.25) is 0 Å². The number of rotatable bonds is 3. The number of nitrogens with two attached hydrogens (primary N) is 1. The van der Waals surface area contributed by atoms with Crippen LogP contribution < -0.4 is 5.73 Å². The summed E-state index contributed by atoms with van der Waals surface area (Å²) >= 11 is 0. The fourth-order valence-corrected chi connectivity index (χ4v) is 5.93. The molecule has 4 aliphatic carbocycles. The minimum atomic E-state index is 0.0759. The Bertz CT molecular complexity index is 476. The molecule has 110 valence electrons. The second-order valence-corrected chi connectivity index (χ2v) is 7.99. The van der Waals surface area contributed by atoms with E-state index in [9.17, 15) is 0 Å². The van der Waals surface area contributed by atoms with Gasteiger partial charge in [-0.15, -0.1) is 0 Å². The molecule has 1 heterocycles. The van der Waals surface area contributed by atoms with Crippen molar-refractivity contribution >= 4 is 0 Å². The summed E-state index contributed by atoms with van der Waals surface area (Å²) in [5.41, 5.74) is 5.74. The summed E-state index contributed by atoms with van der Waals surface area (Å²) in [6, 6.07) is 0. The van der Waals surface area contributed by atoms with Crippen molar-refractivity contribution in [2.45, 2.75) is 57.9 Å². The summed E-state index contributed by atoms with van der Waals surface area (Å²) < 4.78 is 0. The fraction of sp³-hybridized carbons (Fsp3) is 0.875. The minimum absolute atomic E-state index is 0.0759. The Morgan fingerprint density at radius 3 is 2.20 bits per heavy atom. The van der Waals surface area contributed by atoms with Gasteiger partial charge in [0.15, 0.2) is 5.82 Å². The van der Waals surface area contributed by atoms with E-state index in [4.69, 9.17) is 5.73 Å². The van der Waals surface area contributed by atoms with Crippen molar-refractivity contribution in [3.63, 3.8) is 0 Å². The Morgan fingerprint density at radius 2 is 1.70 bits per heavy atom. The summed E-state index contributed by atoms with van der Waals surface area (Å²) in [6.07, 6.45) is 7.33. The van der Waals surface area contributed by atoms with Gasteiger partial charge in [-0.05, 0) is 61.7 Å². The fourth-order valence-electron chi connectivity index (χ4n) is 5.93. The maximum Gasteiger partial charge on any atom is 0.156 e. The van der Waals surface area contributed by atoms with Crippen LogP contribution in [0.4, 0.5) is 0 Å². The largest absolute Gasteiger partial charge is 0.324 e. The van der Waals surface area contributed by atoms with Crippen LogP contribution in [0.15, 0.2) is 0 Å². The molecule has 1 aromatic rings. The quantitative estimate of drug-likeness (QED) is 0.890. The lowest BCUT2D eigenvalue weighted by Crippen LogP contribution is -2.52. The highest BCUT2D eigenvalue weighted by molar-refractivity contribution is 5.13. The van der Waals surface area contributed by atoms with Crippen molar-refractivity contribution in [1.29, 1.82) is 0 Å². The summed E-state index contributed by atoms with van der Waals surface area (Å²) in [4.78, 5) is 4.64. The number of aromatic nitrogens is 3. The van der Waals surface area contributed by atoms with Gasteiger partial charge in [0.2, 0.25) is 0 Å². The van der Waals surface area contributed by atoms with E-state index in [2.05, 4.69) is 29.0 Å². The average molecular weight is 274 g/mol. The van der Waals surface area contributed by atoms with Crippen LogP contribution in [0.25, 0.3) is 0 Å². The highest BCUT2D eigenvalue weighted by atomic mass is 15.2. The molecule has 4 nitrogen and oxygen atoms in total. The third-order valence-electron chi connectivity index (χ3n) is 6.36. The van der Waals surface area contributed by atoms with Gasteiger partial charge in [0.05, 0.1) is 6.54 Å². The lowest BCUT2D eigenvalue weighted by molar-refractivity contribution is -0.0666. The Hall–Kier alpha value is -0.900. The molecule has 4 aliphatic rings. The molecule has 0 aromatic carbocycles. The monoisotopic (exact) mass is 274 g/mol. The summed E-state index contributed by atoms with van der Waals surface area (Å²) in [5, 5.41) is 7.47. The molecule has 0 radical (unpaired) electrons. The maximum atomic E-state index is 5.67. The van der Waals surface area contributed by atoms with Crippen LogP contribution in [-0.4, -0.2) is 15.2 Å². The predicted octanol–water partition coefficient (Wildman–Crippen LogP) is 2.61. The third kappa shape index (κ3) is 1.77. The highest BCUT2D eigenvalue weighted by Crippen LogP contribution is 2.60. The average Bonchev–Trinajstić information content (AvgIpc) is 2.86. The van der Waals surface area contributed by atoms with Crippen LogP contribution in [0.1, 0.15) is 57.6 Å². The zero-order valence-corrected chi connectivity index (χ0v) is 12.6. The molecule has 0 aliphatic heterocycles. The Balaban J connectivity index is 1.65. The van der Waals surface area contributed by atoms with Crippen LogP contribution in [0, 0.1) is 29.6 Å². The van der Waals surface area contributed by atoms with E-state index < -0.39 is 0 Å². The Morgan fingerprint density at radius 1 is 1.10 bits per heavy atom. The normalized spacial score (nSPS) is 39.5. The van der Waals surface area contributed by atoms with Crippen molar-refractivity contribution in [2.24, 2.45) is 35.3 Å². The van der Waals surface area contributed by atoms with Crippen molar-refractivity contribution in [3.05, 3.63) is 11.6 Å². The van der Waals surface area contributed by atoms with Crippen molar-refractivity contribution in [3.8, 4) is 0 Å². The smallest absolute Gasteiger partial charge is 0.156 e. The van der Waals surface area contributed by atoms with Gasteiger partial charge in [0, 0.05) is 5.41 Å². The SMILES string of the molecule is CC(C)(c1n[nH]c(CN)n1)C1C2CC3CC(C2)CC1C3. The van der Waals surface area contributed by atoms with E-state index in [0.717, 1.165) is 41.2 Å². The van der Waals surface area contributed by atoms with Gasteiger partial charge in [-0.1, -0.05) is 13.8 Å². The molecule has 0 unspecified atom stereocenters. The number of H-pyrrole nitrogens is 1. The lowest BCUT2D eigenvalue weighted by Gasteiger charge is -2.58. The van der Waals surface area contributed by atoms with Gasteiger partial charge in [-0.3, -0.25) is 5.10 Å². The van der Waals surface area contributed by atoms with E-state index in [-0.39, 0.29) is 5.41 Å². The van der Waals surface area contributed by atoms with Crippen LogP contribution in [0.5, 0.6) is 0 Å². The van der Waals surface area contributed by atoms with Gasteiger partial charge < -0.3 is 5.73 Å². The minimum Gasteiger partial charge on any atom is -0.324 e. The molecule has 0 atom stereocenters. The highest BCUT2D eigenvalue weighted by Gasteiger charge is 2.54. The topological polar surface area (TPSA) is 67.6 Å². The van der Waals surface area contributed by atoms with E-state index in [1.807, 2.05) is 0 Å². The van der Waals surface area contributed by atoms with E-state index >= 15 is 0 Å². The first kappa shape index (κ1) is 12.8. The molecule has 20 heavy (non-hydrogen) atoms. The first-order valence-electron chi connectivity index (χ1n) is 8.19. The Kier molecular flexibility index (Phi) is 2.75. The number of aromatic amines is 1.